The highest BCUT2D eigenvalue weighted by Crippen LogP contribution is 2.21. The zero-order valence-electron chi connectivity index (χ0n) is 16.5. The highest BCUT2D eigenvalue weighted by Gasteiger charge is 2.16. The summed E-state index contributed by atoms with van der Waals surface area (Å²) in [5.41, 5.74) is 2.55. The predicted octanol–water partition coefficient (Wildman–Crippen LogP) is 5.07. The van der Waals surface area contributed by atoms with E-state index >= 15 is 0 Å². The van der Waals surface area contributed by atoms with Crippen molar-refractivity contribution in [3.05, 3.63) is 95.3 Å². The van der Waals surface area contributed by atoms with Crippen molar-refractivity contribution in [2.45, 2.75) is 13.0 Å². The minimum absolute atomic E-state index is 0.342. The Morgan fingerprint density at radius 1 is 1.06 bits per heavy atom. The number of amides is 3. The number of hydrogen-bond donors (Lipinski definition) is 3. The van der Waals surface area contributed by atoms with Crippen LogP contribution < -0.4 is 14.9 Å². The molecule has 0 aliphatic rings. The van der Waals surface area contributed by atoms with E-state index in [0.717, 1.165) is 9.87 Å². The van der Waals surface area contributed by atoms with Crippen LogP contribution in [0.25, 0.3) is 0 Å². The van der Waals surface area contributed by atoms with Gasteiger partial charge in [-0.25, -0.2) is 13.5 Å². The molecule has 1 unspecified atom stereocenters. The number of urea groups is 1. The van der Waals surface area contributed by atoms with Crippen LogP contribution in [-0.2, 0) is 0 Å². The van der Waals surface area contributed by atoms with Gasteiger partial charge in [-0.3, -0.25) is 4.79 Å². The van der Waals surface area contributed by atoms with Crippen LogP contribution in [0, 0.1) is 17.1 Å². The summed E-state index contributed by atoms with van der Waals surface area (Å²) >= 11 is 4.24. The minimum Gasteiger partial charge on any atom is -0.330 e. The Balaban J connectivity index is 1.62. The second kappa shape index (κ2) is 9.78. The molecule has 0 bridgehead atoms. The van der Waals surface area contributed by atoms with Crippen LogP contribution in [0.15, 0.2) is 72.8 Å². The zero-order valence-corrected chi connectivity index (χ0v) is 17.4. The van der Waals surface area contributed by atoms with Crippen LogP contribution in [0.4, 0.5) is 20.6 Å². The molecular weight excluding hydrogens is 415 g/mol. The Hall–Kier alpha value is -3.83. The van der Waals surface area contributed by atoms with Crippen molar-refractivity contribution in [3.63, 3.8) is 0 Å². The summed E-state index contributed by atoms with van der Waals surface area (Å²) in [5, 5.41) is 14.5. The van der Waals surface area contributed by atoms with E-state index in [4.69, 9.17) is 5.26 Å². The fourth-order valence-electron chi connectivity index (χ4n) is 2.82. The Kier molecular flexibility index (Phi) is 6.90. The summed E-state index contributed by atoms with van der Waals surface area (Å²) in [5.74, 6) is -0.693. The van der Waals surface area contributed by atoms with Gasteiger partial charge >= 0.3 is 6.03 Å². The lowest BCUT2D eigenvalue weighted by molar-refractivity contribution is 0.102. The molecule has 0 aliphatic heterocycles. The van der Waals surface area contributed by atoms with E-state index in [2.05, 4.69) is 23.4 Å². The summed E-state index contributed by atoms with van der Waals surface area (Å²) in [6.07, 6.45) is 0. The Labute approximate surface area is 184 Å². The molecule has 0 aliphatic carbocycles. The van der Waals surface area contributed by atoms with Crippen LogP contribution >= 0.6 is 12.8 Å². The number of thiol groups is 1. The molecule has 2 N–H and O–H groups in total. The van der Waals surface area contributed by atoms with Crippen molar-refractivity contribution < 1.29 is 14.0 Å². The molecule has 0 saturated carbocycles. The molecule has 1 atom stereocenters. The molecule has 0 saturated heterocycles. The van der Waals surface area contributed by atoms with Crippen LogP contribution in [0.1, 0.15) is 34.5 Å². The van der Waals surface area contributed by atoms with Gasteiger partial charge in [0.15, 0.2) is 0 Å². The largest absolute Gasteiger partial charge is 0.332 e. The maximum atomic E-state index is 13.1. The monoisotopic (exact) mass is 434 g/mol. The van der Waals surface area contributed by atoms with E-state index < -0.39 is 6.03 Å². The summed E-state index contributed by atoms with van der Waals surface area (Å²) < 4.78 is 14.2. The highest BCUT2D eigenvalue weighted by molar-refractivity contribution is 7.82. The molecule has 0 spiro atoms. The summed E-state index contributed by atoms with van der Waals surface area (Å²) in [4.78, 5) is 24.8. The smallest absolute Gasteiger partial charge is 0.330 e. The SMILES string of the molecule is CC(NC(=O)N(S)c1ccc(NC(=O)c2cccc(C#N)c2)cc1)c1ccc(F)cc1. The van der Waals surface area contributed by atoms with Gasteiger partial charge in [-0.15, -0.1) is 0 Å². The molecule has 0 aromatic heterocycles. The average Bonchev–Trinajstić information content (AvgIpc) is 2.79. The molecule has 3 aromatic carbocycles. The maximum Gasteiger partial charge on any atom is 0.332 e. The van der Waals surface area contributed by atoms with Gasteiger partial charge in [-0.05, 0) is 67.1 Å². The molecule has 8 heteroatoms. The first-order valence-electron chi connectivity index (χ1n) is 9.34. The maximum absolute atomic E-state index is 13.1. The normalized spacial score (nSPS) is 11.2. The quantitative estimate of drug-likeness (QED) is 0.490. The third kappa shape index (κ3) is 5.62. The third-order valence-electron chi connectivity index (χ3n) is 4.53. The molecule has 3 rings (SSSR count). The van der Waals surface area contributed by atoms with Gasteiger partial charge in [-0.1, -0.05) is 31.0 Å². The second-order valence-electron chi connectivity index (χ2n) is 6.73. The van der Waals surface area contributed by atoms with E-state index in [0.29, 0.717) is 22.5 Å². The number of carbonyl (C=O) groups excluding carboxylic acids is 2. The van der Waals surface area contributed by atoms with Gasteiger partial charge in [0.25, 0.3) is 5.91 Å². The molecular formula is C23H19FN4O2S. The van der Waals surface area contributed by atoms with E-state index in [1.54, 1.807) is 61.5 Å². The fourth-order valence-corrected chi connectivity index (χ4v) is 3.01. The van der Waals surface area contributed by atoms with Crippen LogP contribution in [-0.4, -0.2) is 11.9 Å². The third-order valence-corrected chi connectivity index (χ3v) is 4.94. The number of anilines is 2. The van der Waals surface area contributed by atoms with E-state index in [-0.39, 0.29) is 17.8 Å². The molecule has 3 amide bonds. The van der Waals surface area contributed by atoms with E-state index in [9.17, 15) is 14.0 Å². The lowest BCUT2D eigenvalue weighted by Crippen LogP contribution is -2.35. The fraction of sp³-hybridized carbons (Fsp3) is 0.0870. The summed E-state index contributed by atoms with van der Waals surface area (Å²) in [7, 11) is 0. The van der Waals surface area contributed by atoms with Crippen molar-refractivity contribution in [3.8, 4) is 6.07 Å². The van der Waals surface area contributed by atoms with Crippen molar-refractivity contribution in [2.75, 3.05) is 9.62 Å². The van der Waals surface area contributed by atoms with Gasteiger partial charge < -0.3 is 10.6 Å². The number of carbonyl (C=O) groups is 2. The van der Waals surface area contributed by atoms with Crippen LogP contribution in [0.3, 0.4) is 0 Å². The number of hydrogen-bond acceptors (Lipinski definition) is 4. The molecule has 3 aromatic rings. The van der Waals surface area contributed by atoms with Crippen molar-refractivity contribution in [1.82, 2.24) is 5.32 Å². The predicted molar refractivity (Wildman–Crippen MR) is 120 cm³/mol. The lowest BCUT2D eigenvalue weighted by Gasteiger charge is -2.21. The molecule has 0 heterocycles. The summed E-state index contributed by atoms with van der Waals surface area (Å²) in [6, 6.07) is 20.0. The van der Waals surface area contributed by atoms with E-state index in [1.165, 1.54) is 18.2 Å². The number of rotatable bonds is 5. The highest BCUT2D eigenvalue weighted by atomic mass is 32.1. The molecule has 156 valence electrons. The van der Waals surface area contributed by atoms with Crippen molar-refractivity contribution >= 4 is 36.1 Å². The molecule has 0 radical (unpaired) electrons. The van der Waals surface area contributed by atoms with Gasteiger partial charge in [-0.2, -0.15) is 5.26 Å². The van der Waals surface area contributed by atoms with Crippen molar-refractivity contribution in [2.24, 2.45) is 0 Å². The first-order chi connectivity index (χ1) is 14.9. The van der Waals surface area contributed by atoms with Gasteiger partial charge in [0.1, 0.15) is 5.82 Å². The number of nitrogens with zero attached hydrogens (tertiary/aromatic N) is 2. The summed E-state index contributed by atoms with van der Waals surface area (Å²) in [6.45, 7) is 1.78. The van der Waals surface area contributed by atoms with Gasteiger partial charge in [0, 0.05) is 11.3 Å². The standard InChI is InChI=1S/C23H19FN4O2S/c1-15(17-5-7-19(24)8-6-17)26-23(30)28(31)21-11-9-20(10-12-21)27-22(29)18-4-2-3-16(13-18)14-25/h2-13,15,31H,1H3,(H,26,30)(H,27,29). The van der Waals surface area contributed by atoms with Crippen molar-refractivity contribution in [1.29, 1.82) is 5.26 Å². The lowest BCUT2D eigenvalue weighted by atomic mass is 10.1. The number of nitrogens with one attached hydrogen (secondary N) is 2. The first-order valence-corrected chi connectivity index (χ1v) is 9.74. The Morgan fingerprint density at radius 3 is 2.39 bits per heavy atom. The Bertz CT molecular complexity index is 1130. The number of benzene rings is 3. The van der Waals surface area contributed by atoms with Gasteiger partial charge in [0.05, 0.1) is 23.4 Å². The number of halogens is 1. The average molecular weight is 434 g/mol. The topological polar surface area (TPSA) is 85.2 Å². The minimum atomic E-state index is -0.453. The number of nitriles is 1. The first kappa shape index (κ1) is 21.9. The van der Waals surface area contributed by atoms with Gasteiger partial charge in [0.2, 0.25) is 0 Å². The molecule has 0 fully saturated rings. The molecule has 6 nitrogen and oxygen atoms in total. The van der Waals surface area contributed by atoms with Crippen LogP contribution in [0.2, 0.25) is 0 Å². The Morgan fingerprint density at radius 2 is 1.74 bits per heavy atom. The second-order valence-corrected chi connectivity index (χ2v) is 7.13. The molecule has 31 heavy (non-hydrogen) atoms. The van der Waals surface area contributed by atoms with Crippen LogP contribution in [0.5, 0.6) is 0 Å². The zero-order chi connectivity index (χ0) is 22.4. The van der Waals surface area contributed by atoms with E-state index in [1.807, 2.05) is 6.07 Å².